The molecule has 1 aliphatic rings. The van der Waals surface area contributed by atoms with Crippen LogP contribution < -0.4 is 5.73 Å². The van der Waals surface area contributed by atoms with Crippen molar-refractivity contribution < 1.29 is 19.0 Å². The van der Waals surface area contributed by atoms with Crippen LogP contribution in [-0.4, -0.2) is 69.0 Å². The lowest BCUT2D eigenvalue weighted by atomic mass is 9.78. The molecule has 6 nitrogen and oxygen atoms in total. The van der Waals surface area contributed by atoms with Crippen molar-refractivity contribution in [2.45, 2.75) is 25.8 Å². The SMILES string of the molecule is COCCN(C(=O)C1(C(N)=S)CCOCC1)C(C)COC. The fraction of sp³-hybridized carbons (Fsp3) is 0.857. The summed E-state index contributed by atoms with van der Waals surface area (Å²) in [5.74, 6) is -0.0418. The van der Waals surface area contributed by atoms with Gasteiger partial charge in [0, 0.05) is 34.0 Å². The number of carbonyl (C=O) groups is 1. The lowest BCUT2D eigenvalue weighted by Crippen LogP contribution is -2.56. The van der Waals surface area contributed by atoms with Crippen molar-refractivity contribution in [1.82, 2.24) is 4.90 Å². The summed E-state index contributed by atoms with van der Waals surface area (Å²) in [6.07, 6.45) is 1.06. The predicted molar refractivity (Wildman–Crippen MR) is 84.2 cm³/mol. The summed E-state index contributed by atoms with van der Waals surface area (Å²) in [5, 5.41) is 0. The van der Waals surface area contributed by atoms with Gasteiger partial charge in [-0.05, 0) is 19.8 Å². The standard InChI is InChI=1S/C14H26N2O4S/c1-11(10-19-3)16(6-9-18-2)13(17)14(12(15)21)4-7-20-8-5-14/h11H,4-10H2,1-3H3,(H2,15,21). The monoisotopic (exact) mass is 318 g/mol. The molecule has 0 saturated carbocycles. The molecule has 1 unspecified atom stereocenters. The third-order valence-corrected chi connectivity index (χ3v) is 4.36. The van der Waals surface area contributed by atoms with E-state index >= 15 is 0 Å². The Hall–Kier alpha value is -0.760. The molecule has 1 rings (SSSR count). The summed E-state index contributed by atoms with van der Waals surface area (Å²) >= 11 is 5.20. The summed E-state index contributed by atoms with van der Waals surface area (Å²) in [6, 6.07) is -0.0632. The van der Waals surface area contributed by atoms with Crippen molar-refractivity contribution >= 4 is 23.1 Å². The van der Waals surface area contributed by atoms with Gasteiger partial charge in [0.25, 0.3) is 0 Å². The van der Waals surface area contributed by atoms with Crippen LogP contribution in [0.5, 0.6) is 0 Å². The van der Waals surface area contributed by atoms with E-state index < -0.39 is 5.41 Å². The number of carbonyl (C=O) groups excluding carboxylic acids is 1. The maximum atomic E-state index is 13.1. The highest BCUT2D eigenvalue weighted by atomic mass is 32.1. The minimum Gasteiger partial charge on any atom is -0.392 e. The van der Waals surface area contributed by atoms with Crippen molar-refractivity contribution in [3.05, 3.63) is 0 Å². The maximum Gasteiger partial charge on any atom is 0.236 e. The first-order valence-electron chi connectivity index (χ1n) is 7.16. The molecule has 1 saturated heterocycles. The lowest BCUT2D eigenvalue weighted by Gasteiger charge is -2.41. The van der Waals surface area contributed by atoms with Gasteiger partial charge in [0.2, 0.25) is 5.91 Å². The first-order valence-corrected chi connectivity index (χ1v) is 7.57. The third kappa shape index (κ3) is 4.35. The van der Waals surface area contributed by atoms with E-state index in [4.69, 9.17) is 32.2 Å². The van der Waals surface area contributed by atoms with Gasteiger partial charge in [-0.15, -0.1) is 0 Å². The molecule has 0 spiro atoms. The Morgan fingerprint density at radius 3 is 2.48 bits per heavy atom. The van der Waals surface area contributed by atoms with Crippen molar-refractivity contribution in [2.75, 3.05) is 47.2 Å². The second-order valence-electron chi connectivity index (χ2n) is 5.35. The van der Waals surface area contributed by atoms with Crippen molar-refractivity contribution in [2.24, 2.45) is 11.1 Å². The first-order chi connectivity index (χ1) is 9.99. The van der Waals surface area contributed by atoms with E-state index in [1.165, 1.54) is 0 Å². The Balaban J connectivity index is 2.96. The number of hydrogen-bond donors (Lipinski definition) is 1. The quantitative estimate of drug-likeness (QED) is 0.660. The summed E-state index contributed by atoms with van der Waals surface area (Å²) in [7, 11) is 3.23. The molecule has 122 valence electrons. The average Bonchev–Trinajstić information content (AvgIpc) is 2.48. The zero-order valence-electron chi connectivity index (χ0n) is 13.1. The number of nitrogens with zero attached hydrogens (tertiary/aromatic N) is 1. The van der Waals surface area contributed by atoms with Crippen LogP contribution in [0.1, 0.15) is 19.8 Å². The topological polar surface area (TPSA) is 74.0 Å². The van der Waals surface area contributed by atoms with Gasteiger partial charge in [-0.3, -0.25) is 4.79 Å². The Labute approximate surface area is 131 Å². The van der Waals surface area contributed by atoms with E-state index in [0.717, 1.165) is 0 Å². The van der Waals surface area contributed by atoms with Crippen LogP contribution in [0.2, 0.25) is 0 Å². The second kappa shape index (κ2) is 8.63. The second-order valence-corrected chi connectivity index (χ2v) is 5.79. The number of amides is 1. The maximum absolute atomic E-state index is 13.1. The van der Waals surface area contributed by atoms with Crippen LogP contribution in [0.4, 0.5) is 0 Å². The van der Waals surface area contributed by atoms with Crippen LogP contribution in [0.15, 0.2) is 0 Å². The minimum absolute atomic E-state index is 0.0418. The Morgan fingerprint density at radius 1 is 1.38 bits per heavy atom. The fourth-order valence-electron chi connectivity index (χ4n) is 2.60. The molecule has 0 aromatic carbocycles. The molecule has 7 heteroatoms. The van der Waals surface area contributed by atoms with Gasteiger partial charge in [-0.1, -0.05) is 12.2 Å². The van der Waals surface area contributed by atoms with Gasteiger partial charge >= 0.3 is 0 Å². The summed E-state index contributed by atoms with van der Waals surface area (Å²) < 4.78 is 15.6. The minimum atomic E-state index is -0.802. The van der Waals surface area contributed by atoms with Gasteiger partial charge in [0.05, 0.1) is 24.2 Å². The molecule has 1 amide bonds. The van der Waals surface area contributed by atoms with Gasteiger partial charge in [0.15, 0.2) is 0 Å². The molecule has 0 aliphatic carbocycles. The van der Waals surface area contributed by atoms with E-state index in [-0.39, 0.29) is 16.9 Å². The molecule has 2 N–H and O–H groups in total. The molecular weight excluding hydrogens is 292 g/mol. The van der Waals surface area contributed by atoms with E-state index in [2.05, 4.69) is 0 Å². The van der Waals surface area contributed by atoms with Crippen LogP contribution in [0, 0.1) is 5.41 Å². The van der Waals surface area contributed by atoms with Gasteiger partial charge in [-0.2, -0.15) is 0 Å². The van der Waals surface area contributed by atoms with E-state index in [9.17, 15) is 4.79 Å². The van der Waals surface area contributed by atoms with Gasteiger partial charge < -0.3 is 24.8 Å². The number of ether oxygens (including phenoxy) is 3. The summed E-state index contributed by atoms with van der Waals surface area (Å²) in [6.45, 7) is 4.36. The zero-order chi connectivity index (χ0) is 15.9. The predicted octanol–water partition coefficient (Wildman–Crippen LogP) is 0.579. The van der Waals surface area contributed by atoms with Crippen LogP contribution in [0.3, 0.4) is 0 Å². The van der Waals surface area contributed by atoms with Gasteiger partial charge in [0.1, 0.15) is 5.41 Å². The first kappa shape index (κ1) is 18.3. The highest BCUT2D eigenvalue weighted by molar-refractivity contribution is 7.80. The highest BCUT2D eigenvalue weighted by Gasteiger charge is 2.46. The Morgan fingerprint density at radius 2 is 2.00 bits per heavy atom. The zero-order valence-corrected chi connectivity index (χ0v) is 13.9. The molecule has 0 aromatic rings. The van der Waals surface area contributed by atoms with Crippen LogP contribution in [0.25, 0.3) is 0 Å². The van der Waals surface area contributed by atoms with Crippen molar-refractivity contribution in [1.29, 1.82) is 0 Å². The smallest absolute Gasteiger partial charge is 0.236 e. The van der Waals surface area contributed by atoms with E-state index in [1.54, 1.807) is 19.1 Å². The Kier molecular flexibility index (Phi) is 7.51. The average molecular weight is 318 g/mol. The number of rotatable bonds is 8. The summed E-state index contributed by atoms with van der Waals surface area (Å²) in [5.41, 5.74) is 5.11. The Bertz CT molecular complexity index is 359. The van der Waals surface area contributed by atoms with Crippen LogP contribution >= 0.6 is 12.2 Å². The molecule has 1 heterocycles. The molecule has 0 radical (unpaired) electrons. The number of nitrogens with two attached hydrogens (primary N) is 1. The highest BCUT2D eigenvalue weighted by Crippen LogP contribution is 2.34. The molecular formula is C14H26N2O4S. The van der Waals surface area contributed by atoms with E-state index in [0.29, 0.717) is 45.8 Å². The summed E-state index contributed by atoms with van der Waals surface area (Å²) in [4.78, 5) is 15.1. The van der Waals surface area contributed by atoms with Crippen molar-refractivity contribution in [3.8, 4) is 0 Å². The van der Waals surface area contributed by atoms with Crippen molar-refractivity contribution in [3.63, 3.8) is 0 Å². The molecule has 0 bridgehead atoms. The number of methoxy groups -OCH3 is 2. The molecule has 1 aliphatic heterocycles. The van der Waals surface area contributed by atoms with E-state index in [1.807, 2.05) is 6.92 Å². The van der Waals surface area contributed by atoms with Crippen LogP contribution in [-0.2, 0) is 19.0 Å². The lowest BCUT2D eigenvalue weighted by molar-refractivity contribution is -0.146. The third-order valence-electron chi connectivity index (χ3n) is 3.96. The number of thiocarbonyl (C=S) groups is 1. The molecule has 21 heavy (non-hydrogen) atoms. The molecule has 1 atom stereocenters. The largest absolute Gasteiger partial charge is 0.392 e. The van der Waals surface area contributed by atoms with Gasteiger partial charge in [-0.25, -0.2) is 0 Å². The fourth-order valence-corrected chi connectivity index (χ4v) is 2.89. The molecule has 0 aromatic heterocycles. The molecule has 1 fully saturated rings. The normalized spacial score (nSPS) is 19.0. The number of hydrogen-bond acceptors (Lipinski definition) is 5.